The Morgan fingerprint density at radius 1 is 1.41 bits per heavy atom. The molecule has 0 spiro atoms. The molecule has 0 radical (unpaired) electrons. The van der Waals surface area contributed by atoms with Crippen LogP contribution in [0.4, 0.5) is 0 Å². The molecule has 1 aromatic rings. The van der Waals surface area contributed by atoms with Crippen LogP contribution >= 0.6 is 0 Å². The molecular formula is C12H18N2O2S. The summed E-state index contributed by atoms with van der Waals surface area (Å²) in [5.74, 6) is -0.193. The fourth-order valence-corrected chi connectivity index (χ4v) is 2.73. The smallest absolute Gasteiger partial charge is 0.230 e. The lowest BCUT2D eigenvalue weighted by Crippen LogP contribution is -2.29. The van der Waals surface area contributed by atoms with Crippen LogP contribution < -0.4 is 11.1 Å². The highest BCUT2D eigenvalue weighted by Crippen LogP contribution is 2.13. The van der Waals surface area contributed by atoms with Gasteiger partial charge >= 0.3 is 0 Å². The standard InChI is InChI=1S/C12H18N2O2S/c1-2-14-11(8-17(16)9-12(13)15)10-6-4-3-5-7-10/h3-7,11,14H,2,8-9H2,1H3,(H2,13,15). The average Bonchev–Trinajstić information content (AvgIpc) is 2.28. The van der Waals surface area contributed by atoms with Crippen LogP contribution in [-0.4, -0.2) is 28.2 Å². The van der Waals surface area contributed by atoms with Gasteiger partial charge in [-0.2, -0.15) is 0 Å². The van der Waals surface area contributed by atoms with Crippen LogP contribution in [0, 0.1) is 0 Å². The van der Waals surface area contributed by atoms with Crippen LogP contribution in [0.25, 0.3) is 0 Å². The molecule has 0 aromatic heterocycles. The molecule has 0 saturated carbocycles. The monoisotopic (exact) mass is 254 g/mol. The van der Waals surface area contributed by atoms with E-state index in [9.17, 15) is 9.00 Å². The maximum absolute atomic E-state index is 11.7. The lowest BCUT2D eigenvalue weighted by atomic mass is 10.1. The lowest BCUT2D eigenvalue weighted by molar-refractivity contribution is -0.115. The SMILES string of the molecule is CCNC(CS(=O)CC(N)=O)c1ccccc1. The van der Waals surface area contributed by atoms with Gasteiger partial charge in [-0.15, -0.1) is 0 Å². The summed E-state index contributed by atoms with van der Waals surface area (Å²) < 4.78 is 11.7. The lowest BCUT2D eigenvalue weighted by Gasteiger charge is -2.17. The number of hydrogen-bond acceptors (Lipinski definition) is 3. The summed E-state index contributed by atoms with van der Waals surface area (Å²) in [6.07, 6.45) is 0. The molecule has 1 rings (SSSR count). The minimum absolute atomic E-state index is 0.00128. The third-order valence-corrected chi connectivity index (χ3v) is 3.62. The molecule has 0 saturated heterocycles. The molecule has 94 valence electrons. The van der Waals surface area contributed by atoms with Gasteiger partial charge in [-0.3, -0.25) is 9.00 Å². The van der Waals surface area contributed by atoms with E-state index in [2.05, 4.69) is 5.32 Å². The first-order valence-electron chi connectivity index (χ1n) is 5.55. The summed E-state index contributed by atoms with van der Waals surface area (Å²) in [7, 11) is -1.22. The number of nitrogens with two attached hydrogens (primary N) is 1. The van der Waals surface area contributed by atoms with Gasteiger partial charge in [0.2, 0.25) is 5.91 Å². The second-order valence-electron chi connectivity index (χ2n) is 3.74. The third-order valence-electron chi connectivity index (χ3n) is 2.31. The van der Waals surface area contributed by atoms with Crippen molar-refractivity contribution in [1.29, 1.82) is 0 Å². The van der Waals surface area contributed by atoms with Gasteiger partial charge in [-0.05, 0) is 12.1 Å². The predicted molar refractivity (Wildman–Crippen MR) is 69.9 cm³/mol. The van der Waals surface area contributed by atoms with E-state index in [4.69, 9.17) is 5.73 Å². The van der Waals surface area contributed by atoms with E-state index in [-0.39, 0.29) is 11.8 Å². The Bertz CT molecular complexity index is 381. The number of carbonyl (C=O) groups excluding carboxylic acids is 1. The highest BCUT2D eigenvalue weighted by Gasteiger charge is 2.14. The zero-order chi connectivity index (χ0) is 12.7. The molecule has 5 heteroatoms. The molecular weight excluding hydrogens is 236 g/mol. The van der Waals surface area contributed by atoms with Crippen molar-refractivity contribution in [2.24, 2.45) is 5.73 Å². The van der Waals surface area contributed by atoms with Gasteiger partial charge in [0.15, 0.2) is 0 Å². The number of amides is 1. The Morgan fingerprint density at radius 2 is 2.06 bits per heavy atom. The molecule has 1 amide bonds. The van der Waals surface area contributed by atoms with Gasteiger partial charge in [0.25, 0.3) is 0 Å². The highest BCUT2D eigenvalue weighted by molar-refractivity contribution is 7.85. The van der Waals surface area contributed by atoms with Crippen molar-refractivity contribution in [2.45, 2.75) is 13.0 Å². The summed E-state index contributed by atoms with van der Waals surface area (Å²) in [6, 6.07) is 9.78. The summed E-state index contributed by atoms with van der Waals surface area (Å²) in [4.78, 5) is 10.7. The number of rotatable bonds is 7. The molecule has 2 unspecified atom stereocenters. The van der Waals surface area contributed by atoms with E-state index < -0.39 is 16.7 Å². The Labute approximate surface area is 104 Å². The van der Waals surface area contributed by atoms with Crippen LogP contribution in [0.2, 0.25) is 0 Å². The second kappa shape index (κ2) is 7.19. The summed E-state index contributed by atoms with van der Waals surface area (Å²) >= 11 is 0. The molecule has 1 aromatic carbocycles. The molecule has 17 heavy (non-hydrogen) atoms. The first kappa shape index (κ1) is 13.9. The zero-order valence-electron chi connectivity index (χ0n) is 9.89. The van der Waals surface area contributed by atoms with Gasteiger partial charge in [0, 0.05) is 22.6 Å². The minimum Gasteiger partial charge on any atom is -0.369 e. The average molecular weight is 254 g/mol. The van der Waals surface area contributed by atoms with E-state index in [1.807, 2.05) is 37.3 Å². The maximum Gasteiger partial charge on any atom is 0.230 e. The molecule has 0 aliphatic heterocycles. The highest BCUT2D eigenvalue weighted by atomic mass is 32.2. The number of hydrogen-bond donors (Lipinski definition) is 2. The fraction of sp³-hybridized carbons (Fsp3) is 0.417. The predicted octanol–water partition coefficient (Wildman–Crippen LogP) is 0.571. The molecule has 0 heterocycles. The van der Waals surface area contributed by atoms with Crippen molar-refractivity contribution in [3.63, 3.8) is 0 Å². The minimum atomic E-state index is -1.22. The van der Waals surface area contributed by atoms with E-state index >= 15 is 0 Å². The molecule has 0 aliphatic carbocycles. The second-order valence-corrected chi connectivity index (χ2v) is 5.24. The summed E-state index contributed by atoms with van der Waals surface area (Å²) in [5, 5.41) is 3.26. The number of carbonyl (C=O) groups is 1. The van der Waals surface area contributed by atoms with Crippen molar-refractivity contribution in [3.05, 3.63) is 35.9 Å². The molecule has 2 atom stereocenters. The van der Waals surface area contributed by atoms with Crippen LogP contribution in [0.15, 0.2) is 30.3 Å². The zero-order valence-corrected chi connectivity index (χ0v) is 10.7. The number of nitrogens with one attached hydrogen (secondary N) is 1. The molecule has 4 nitrogen and oxygen atoms in total. The fourth-order valence-electron chi connectivity index (χ4n) is 1.61. The molecule has 0 bridgehead atoms. The van der Waals surface area contributed by atoms with Gasteiger partial charge in [0.05, 0.1) is 0 Å². The first-order valence-corrected chi connectivity index (χ1v) is 7.04. The molecule has 0 fully saturated rings. The van der Waals surface area contributed by atoms with Crippen LogP contribution in [0.5, 0.6) is 0 Å². The topological polar surface area (TPSA) is 72.2 Å². The van der Waals surface area contributed by atoms with Crippen molar-refractivity contribution < 1.29 is 9.00 Å². The van der Waals surface area contributed by atoms with E-state index in [1.54, 1.807) is 0 Å². The normalized spacial score (nSPS) is 14.2. The van der Waals surface area contributed by atoms with Crippen LogP contribution in [0.1, 0.15) is 18.5 Å². The van der Waals surface area contributed by atoms with Crippen molar-refractivity contribution in [2.75, 3.05) is 18.1 Å². The maximum atomic E-state index is 11.7. The van der Waals surface area contributed by atoms with Crippen molar-refractivity contribution in [3.8, 4) is 0 Å². The quantitative estimate of drug-likeness (QED) is 0.747. The van der Waals surface area contributed by atoms with Gasteiger partial charge in [0.1, 0.15) is 5.75 Å². The van der Waals surface area contributed by atoms with Crippen molar-refractivity contribution in [1.82, 2.24) is 5.32 Å². The van der Waals surface area contributed by atoms with E-state index in [1.165, 1.54) is 0 Å². The Balaban J connectivity index is 2.67. The number of primary amides is 1. The first-order chi connectivity index (χ1) is 8.13. The number of benzene rings is 1. The van der Waals surface area contributed by atoms with Gasteiger partial charge < -0.3 is 11.1 Å². The van der Waals surface area contributed by atoms with Gasteiger partial charge in [-0.25, -0.2) is 0 Å². The Kier molecular flexibility index (Phi) is 5.86. The van der Waals surface area contributed by atoms with Crippen LogP contribution in [0.3, 0.4) is 0 Å². The van der Waals surface area contributed by atoms with Crippen molar-refractivity contribution >= 4 is 16.7 Å². The Hall–Kier alpha value is -1.20. The Morgan fingerprint density at radius 3 is 2.59 bits per heavy atom. The summed E-state index contributed by atoms with van der Waals surface area (Å²) in [5.41, 5.74) is 6.11. The van der Waals surface area contributed by atoms with Crippen LogP contribution in [-0.2, 0) is 15.6 Å². The van der Waals surface area contributed by atoms with E-state index in [0.29, 0.717) is 5.75 Å². The summed E-state index contributed by atoms with van der Waals surface area (Å²) in [6.45, 7) is 2.78. The molecule has 3 N–H and O–H groups in total. The largest absolute Gasteiger partial charge is 0.369 e. The van der Waals surface area contributed by atoms with Gasteiger partial charge in [-0.1, -0.05) is 37.3 Å². The van der Waals surface area contributed by atoms with E-state index in [0.717, 1.165) is 12.1 Å². The molecule has 0 aliphatic rings. The third kappa shape index (κ3) is 5.10.